The summed E-state index contributed by atoms with van der Waals surface area (Å²) in [5.74, 6) is -0.545. The standard InChI is InChI=1S/C26H27N3O5/c1-17-5-7-18(8-6-17)24(30)22-23(19-9-10-20(33-2)21(15-19)34-3)29(26(32)25(22)31)13-4-12-28-14-11-27-16-28/h5-11,14-16,23,30H,4,12-13H2,1-3H3/b24-22-. The van der Waals surface area contributed by atoms with Gasteiger partial charge in [0.25, 0.3) is 11.7 Å². The van der Waals surface area contributed by atoms with E-state index in [-0.39, 0.29) is 11.3 Å². The molecule has 34 heavy (non-hydrogen) atoms. The highest BCUT2D eigenvalue weighted by molar-refractivity contribution is 6.46. The van der Waals surface area contributed by atoms with E-state index in [0.717, 1.165) is 5.56 Å². The average Bonchev–Trinajstić information content (AvgIpc) is 3.46. The lowest BCUT2D eigenvalue weighted by Crippen LogP contribution is -2.31. The van der Waals surface area contributed by atoms with Crippen LogP contribution in [0.4, 0.5) is 0 Å². The maximum absolute atomic E-state index is 13.2. The highest BCUT2D eigenvalue weighted by atomic mass is 16.5. The number of benzene rings is 2. The predicted octanol–water partition coefficient (Wildman–Crippen LogP) is 3.72. The molecule has 0 radical (unpaired) electrons. The second-order valence-electron chi connectivity index (χ2n) is 8.13. The van der Waals surface area contributed by atoms with E-state index in [0.29, 0.717) is 42.1 Å². The minimum Gasteiger partial charge on any atom is -0.507 e. The van der Waals surface area contributed by atoms with Crippen LogP contribution in [0.15, 0.2) is 66.8 Å². The van der Waals surface area contributed by atoms with Crippen LogP contribution in [-0.2, 0) is 16.1 Å². The molecule has 4 rings (SSSR count). The quantitative estimate of drug-likeness (QED) is 0.312. The van der Waals surface area contributed by atoms with E-state index in [1.165, 1.54) is 19.1 Å². The molecule has 1 aliphatic rings. The van der Waals surface area contributed by atoms with Crippen LogP contribution in [0.1, 0.15) is 29.2 Å². The predicted molar refractivity (Wildman–Crippen MR) is 127 cm³/mol. The van der Waals surface area contributed by atoms with Crippen LogP contribution in [0, 0.1) is 6.92 Å². The first kappa shape index (κ1) is 23.1. The van der Waals surface area contributed by atoms with Gasteiger partial charge in [-0.3, -0.25) is 9.59 Å². The molecule has 2 aromatic carbocycles. The molecule has 8 heteroatoms. The minimum atomic E-state index is -0.760. The third-order valence-corrected chi connectivity index (χ3v) is 5.96. The van der Waals surface area contributed by atoms with Gasteiger partial charge in [0.05, 0.1) is 32.2 Å². The Balaban J connectivity index is 1.77. The number of methoxy groups -OCH3 is 2. The molecule has 1 fully saturated rings. The van der Waals surface area contributed by atoms with Crippen LogP contribution in [0.5, 0.6) is 11.5 Å². The Bertz CT molecular complexity index is 1220. The van der Waals surface area contributed by atoms with Crippen molar-refractivity contribution in [3.63, 3.8) is 0 Å². The Morgan fingerprint density at radius 3 is 2.41 bits per heavy atom. The second kappa shape index (κ2) is 9.82. The van der Waals surface area contributed by atoms with Crippen molar-refractivity contribution < 1.29 is 24.2 Å². The molecule has 8 nitrogen and oxygen atoms in total. The van der Waals surface area contributed by atoms with Gasteiger partial charge in [0.1, 0.15) is 5.76 Å². The number of ether oxygens (including phenoxy) is 2. The Morgan fingerprint density at radius 2 is 1.76 bits per heavy atom. The lowest BCUT2D eigenvalue weighted by atomic mass is 9.94. The first-order valence-electron chi connectivity index (χ1n) is 11.0. The molecule has 1 unspecified atom stereocenters. The topological polar surface area (TPSA) is 93.9 Å². The fourth-order valence-electron chi connectivity index (χ4n) is 4.19. The number of aliphatic hydroxyl groups is 1. The zero-order valence-corrected chi connectivity index (χ0v) is 19.4. The maximum atomic E-state index is 13.2. The summed E-state index contributed by atoms with van der Waals surface area (Å²) in [5, 5.41) is 11.2. The van der Waals surface area contributed by atoms with Crippen LogP contribution in [0.2, 0.25) is 0 Å². The number of likely N-dealkylation sites (tertiary alicyclic amines) is 1. The lowest BCUT2D eigenvalue weighted by Gasteiger charge is -2.26. The lowest BCUT2D eigenvalue weighted by molar-refractivity contribution is -0.139. The Morgan fingerprint density at radius 1 is 1.03 bits per heavy atom. The summed E-state index contributed by atoms with van der Waals surface area (Å²) < 4.78 is 12.7. The molecule has 176 valence electrons. The number of carbonyl (C=O) groups is 2. The third-order valence-electron chi connectivity index (χ3n) is 5.96. The number of Topliss-reactive ketones (excluding diaryl/α,β-unsaturated/α-hetero) is 1. The molecule has 0 spiro atoms. The minimum absolute atomic E-state index is 0.0590. The molecular weight excluding hydrogens is 434 g/mol. The van der Waals surface area contributed by atoms with Gasteiger partial charge in [0.2, 0.25) is 0 Å². The number of hydrogen-bond acceptors (Lipinski definition) is 6. The number of aryl methyl sites for hydroxylation is 2. The molecule has 0 aliphatic carbocycles. The van der Waals surface area contributed by atoms with Gasteiger partial charge in [0, 0.05) is 31.0 Å². The molecule has 1 aromatic heterocycles. The highest BCUT2D eigenvalue weighted by Crippen LogP contribution is 2.42. The van der Waals surface area contributed by atoms with E-state index in [2.05, 4.69) is 4.98 Å². The van der Waals surface area contributed by atoms with E-state index in [9.17, 15) is 14.7 Å². The van der Waals surface area contributed by atoms with Gasteiger partial charge >= 0.3 is 0 Å². The molecule has 0 bridgehead atoms. The Labute approximate surface area is 198 Å². The second-order valence-corrected chi connectivity index (χ2v) is 8.13. The van der Waals surface area contributed by atoms with Crippen molar-refractivity contribution in [3.8, 4) is 11.5 Å². The van der Waals surface area contributed by atoms with Gasteiger partial charge in [0.15, 0.2) is 11.5 Å². The van der Waals surface area contributed by atoms with Crippen molar-refractivity contribution in [2.45, 2.75) is 25.9 Å². The normalized spacial score (nSPS) is 17.3. The van der Waals surface area contributed by atoms with Gasteiger partial charge in [-0.05, 0) is 31.0 Å². The third kappa shape index (κ3) is 4.39. The first-order valence-corrected chi connectivity index (χ1v) is 11.0. The van der Waals surface area contributed by atoms with Gasteiger partial charge in [-0.25, -0.2) is 4.98 Å². The van der Waals surface area contributed by atoms with Crippen LogP contribution >= 0.6 is 0 Å². The van der Waals surface area contributed by atoms with Gasteiger partial charge in [-0.2, -0.15) is 0 Å². The van der Waals surface area contributed by atoms with Crippen molar-refractivity contribution in [2.24, 2.45) is 0 Å². The van der Waals surface area contributed by atoms with E-state index in [1.54, 1.807) is 42.9 Å². The van der Waals surface area contributed by atoms with Crippen molar-refractivity contribution in [2.75, 3.05) is 20.8 Å². The van der Waals surface area contributed by atoms with E-state index in [4.69, 9.17) is 9.47 Å². The largest absolute Gasteiger partial charge is 0.507 e. The molecular formula is C26H27N3O5. The van der Waals surface area contributed by atoms with E-state index in [1.807, 2.05) is 29.8 Å². The van der Waals surface area contributed by atoms with E-state index >= 15 is 0 Å². The fourth-order valence-corrected chi connectivity index (χ4v) is 4.19. The van der Waals surface area contributed by atoms with Gasteiger partial charge < -0.3 is 24.0 Å². The van der Waals surface area contributed by atoms with Crippen LogP contribution in [0.3, 0.4) is 0 Å². The van der Waals surface area contributed by atoms with Gasteiger partial charge in [-0.15, -0.1) is 0 Å². The molecule has 1 atom stereocenters. The zero-order valence-electron chi connectivity index (χ0n) is 19.4. The Hall–Kier alpha value is -4.07. The molecule has 0 saturated carbocycles. The molecule has 2 heterocycles. The van der Waals surface area contributed by atoms with Crippen LogP contribution in [0.25, 0.3) is 5.76 Å². The average molecular weight is 462 g/mol. The number of amides is 1. The SMILES string of the molecule is COc1ccc(C2/C(=C(/O)c3ccc(C)cc3)C(=O)C(=O)N2CCCn2ccnc2)cc1OC. The van der Waals surface area contributed by atoms with Crippen molar-refractivity contribution in [3.05, 3.63) is 83.4 Å². The summed E-state index contributed by atoms with van der Waals surface area (Å²) in [4.78, 5) is 31.8. The first-order chi connectivity index (χ1) is 16.4. The number of hydrogen-bond donors (Lipinski definition) is 1. The van der Waals surface area contributed by atoms with Crippen LogP contribution in [-0.4, -0.2) is 52.0 Å². The number of aliphatic hydroxyl groups excluding tert-OH is 1. The van der Waals surface area contributed by atoms with E-state index < -0.39 is 17.7 Å². The highest BCUT2D eigenvalue weighted by Gasteiger charge is 2.46. The molecule has 3 aromatic rings. The molecule has 1 N–H and O–H groups in total. The number of nitrogens with zero attached hydrogens (tertiary/aromatic N) is 3. The van der Waals surface area contributed by atoms with Crippen molar-refractivity contribution >= 4 is 17.4 Å². The summed E-state index contributed by atoms with van der Waals surface area (Å²) >= 11 is 0. The molecule has 1 aliphatic heterocycles. The molecule has 1 saturated heterocycles. The van der Waals surface area contributed by atoms with Crippen molar-refractivity contribution in [1.29, 1.82) is 0 Å². The summed E-state index contributed by atoms with van der Waals surface area (Å²) in [6.07, 6.45) is 5.85. The Kier molecular flexibility index (Phi) is 6.67. The number of aromatic nitrogens is 2. The van der Waals surface area contributed by atoms with Crippen LogP contribution < -0.4 is 9.47 Å². The molecule has 1 amide bonds. The summed E-state index contributed by atoms with van der Waals surface area (Å²) in [6.45, 7) is 2.90. The maximum Gasteiger partial charge on any atom is 0.295 e. The number of imidazole rings is 1. The number of carbonyl (C=O) groups excluding carboxylic acids is 2. The zero-order chi connectivity index (χ0) is 24.2. The number of ketones is 1. The fraction of sp³-hybridized carbons (Fsp3) is 0.269. The number of rotatable bonds is 8. The van der Waals surface area contributed by atoms with Gasteiger partial charge in [-0.1, -0.05) is 35.9 Å². The smallest absolute Gasteiger partial charge is 0.295 e. The van der Waals surface area contributed by atoms with Crippen molar-refractivity contribution in [1.82, 2.24) is 14.5 Å². The summed E-state index contributed by atoms with van der Waals surface area (Å²) in [6, 6.07) is 11.7. The monoisotopic (exact) mass is 461 g/mol. The summed E-state index contributed by atoms with van der Waals surface area (Å²) in [7, 11) is 3.06. The summed E-state index contributed by atoms with van der Waals surface area (Å²) in [5.41, 5.74) is 2.21.